The van der Waals surface area contributed by atoms with Gasteiger partial charge in [0.15, 0.2) is 0 Å². The average Bonchev–Trinajstić information content (AvgIpc) is 3.18. The van der Waals surface area contributed by atoms with Crippen LogP contribution in [0.5, 0.6) is 5.75 Å². The van der Waals surface area contributed by atoms with Crippen molar-refractivity contribution in [3.8, 4) is 5.75 Å². The number of aromatic nitrogens is 1. The highest BCUT2D eigenvalue weighted by molar-refractivity contribution is 6.15. The summed E-state index contributed by atoms with van der Waals surface area (Å²) in [6.45, 7) is 0.575. The zero-order valence-electron chi connectivity index (χ0n) is 15.9. The van der Waals surface area contributed by atoms with Crippen molar-refractivity contribution < 1.29 is 4.74 Å². The van der Waals surface area contributed by atoms with E-state index in [0.717, 1.165) is 5.75 Å². The average molecular weight is 373 g/mol. The minimum absolute atomic E-state index is 0.575. The topological polar surface area (TPSA) is 13.6 Å². The van der Waals surface area contributed by atoms with Crippen LogP contribution >= 0.6 is 0 Å². The van der Waals surface area contributed by atoms with Crippen molar-refractivity contribution in [2.24, 2.45) is 0 Å². The highest BCUT2D eigenvalue weighted by Crippen LogP contribution is 2.35. The van der Waals surface area contributed by atoms with Crippen molar-refractivity contribution >= 4 is 38.1 Å². The Kier molecular flexibility index (Phi) is 3.57. The van der Waals surface area contributed by atoms with Gasteiger partial charge in [0.05, 0.1) is 16.6 Å². The maximum atomic E-state index is 6.06. The van der Waals surface area contributed by atoms with E-state index >= 15 is 0 Å². The molecule has 4 aromatic carbocycles. The van der Waals surface area contributed by atoms with Gasteiger partial charge in [-0.1, -0.05) is 72.8 Å². The van der Waals surface area contributed by atoms with Gasteiger partial charge in [-0.25, -0.2) is 0 Å². The number of nitrogens with zero attached hydrogens (tertiary/aromatic N) is 1. The number of hydrogen-bond acceptors (Lipinski definition) is 1. The summed E-state index contributed by atoms with van der Waals surface area (Å²) in [5.41, 5.74) is 4.84. The zero-order chi connectivity index (χ0) is 19.2. The van der Waals surface area contributed by atoms with Crippen molar-refractivity contribution in [2.75, 3.05) is 0 Å². The molecule has 0 aliphatic carbocycles. The molecule has 2 heteroatoms. The molecule has 0 N–H and O–H groups in total. The standard InChI is InChI=1S/C27H19NO/c1-2-8-19(9-3-1)18-29-21-14-15-25-20(16-21)17-27-24-12-5-4-10-22(24)23-11-6-7-13-26(23)28(25)27/h1-17H,18H2. The van der Waals surface area contributed by atoms with Gasteiger partial charge in [0, 0.05) is 16.2 Å². The minimum Gasteiger partial charge on any atom is -0.489 e. The normalized spacial score (nSPS) is 11.6. The molecular formula is C27H19NO. The predicted octanol–water partition coefficient (Wildman–Crippen LogP) is 6.98. The molecule has 2 nitrogen and oxygen atoms in total. The Morgan fingerprint density at radius 3 is 2.07 bits per heavy atom. The second-order valence-electron chi connectivity index (χ2n) is 7.42. The van der Waals surface area contributed by atoms with E-state index in [1.165, 1.54) is 43.7 Å². The molecule has 6 aromatic rings. The second-order valence-corrected chi connectivity index (χ2v) is 7.42. The molecule has 0 unspecified atom stereocenters. The summed E-state index contributed by atoms with van der Waals surface area (Å²) in [7, 11) is 0. The SMILES string of the molecule is c1ccc(COc2ccc3c(c2)cc2c4ccccc4c4ccccc4n32)cc1. The van der Waals surface area contributed by atoms with Crippen LogP contribution in [0.1, 0.15) is 5.56 Å². The summed E-state index contributed by atoms with van der Waals surface area (Å²) in [6, 6.07) is 36.2. The van der Waals surface area contributed by atoms with Crippen LogP contribution < -0.4 is 4.74 Å². The van der Waals surface area contributed by atoms with E-state index in [1.54, 1.807) is 0 Å². The third-order valence-corrected chi connectivity index (χ3v) is 5.66. The van der Waals surface area contributed by atoms with Crippen molar-refractivity contribution in [3.63, 3.8) is 0 Å². The molecule has 0 saturated carbocycles. The predicted molar refractivity (Wildman–Crippen MR) is 121 cm³/mol. The van der Waals surface area contributed by atoms with E-state index in [2.05, 4.69) is 89.3 Å². The van der Waals surface area contributed by atoms with Crippen molar-refractivity contribution in [3.05, 3.63) is 109 Å². The van der Waals surface area contributed by atoms with E-state index in [0.29, 0.717) is 6.61 Å². The first-order valence-electron chi connectivity index (χ1n) is 9.90. The number of ether oxygens (including phenoxy) is 1. The lowest BCUT2D eigenvalue weighted by atomic mass is 10.1. The maximum absolute atomic E-state index is 6.06. The Morgan fingerprint density at radius 2 is 1.24 bits per heavy atom. The molecule has 6 rings (SSSR count). The monoisotopic (exact) mass is 373 g/mol. The Hall–Kier alpha value is -3.78. The summed E-state index contributed by atoms with van der Waals surface area (Å²) < 4.78 is 8.43. The third-order valence-electron chi connectivity index (χ3n) is 5.66. The molecule has 0 bridgehead atoms. The maximum Gasteiger partial charge on any atom is 0.120 e. The van der Waals surface area contributed by atoms with E-state index in [4.69, 9.17) is 4.74 Å². The largest absolute Gasteiger partial charge is 0.489 e. The van der Waals surface area contributed by atoms with Crippen LogP contribution in [0.15, 0.2) is 103 Å². The molecule has 0 aliphatic heterocycles. The van der Waals surface area contributed by atoms with Crippen LogP contribution in [-0.4, -0.2) is 4.40 Å². The van der Waals surface area contributed by atoms with Crippen LogP contribution in [0.2, 0.25) is 0 Å². The van der Waals surface area contributed by atoms with Gasteiger partial charge >= 0.3 is 0 Å². The fourth-order valence-corrected chi connectivity index (χ4v) is 4.32. The lowest BCUT2D eigenvalue weighted by molar-refractivity contribution is 0.306. The van der Waals surface area contributed by atoms with Gasteiger partial charge in [0.2, 0.25) is 0 Å². The summed E-state index contributed by atoms with van der Waals surface area (Å²) in [5, 5.41) is 5.03. The molecule has 2 heterocycles. The van der Waals surface area contributed by atoms with Gasteiger partial charge in [0.1, 0.15) is 12.4 Å². The van der Waals surface area contributed by atoms with Gasteiger partial charge < -0.3 is 9.14 Å². The molecule has 0 fully saturated rings. The Labute approximate surface area is 168 Å². The van der Waals surface area contributed by atoms with Crippen molar-refractivity contribution in [1.82, 2.24) is 4.40 Å². The Morgan fingerprint density at radius 1 is 0.552 bits per heavy atom. The summed E-state index contributed by atoms with van der Waals surface area (Å²) >= 11 is 0. The lowest BCUT2D eigenvalue weighted by Crippen LogP contribution is -1.95. The van der Waals surface area contributed by atoms with Crippen LogP contribution in [0.3, 0.4) is 0 Å². The molecule has 29 heavy (non-hydrogen) atoms. The Bertz CT molecular complexity index is 1500. The zero-order valence-corrected chi connectivity index (χ0v) is 15.9. The van der Waals surface area contributed by atoms with Gasteiger partial charge in [-0.3, -0.25) is 0 Å². The third kappa shape index (κ3) is 2.57. The smallest absolute Gasteiger partial charge is 0.120 e. The summed E-state index contributed by atoms with van der Waals surface area (Å²) in [6.07, 6.45) is 0. The lowest BCUT2D eigenvalue weighted by Gasteiger charge is -2.10. The molecule has 0 aliphatic rings. The van der Waals surface area contributed by atoms with E-state index in [1.807, 2.05) is 18.2 Å². The van der Waals surface area contributed by atoms with Gasteiger partial charge in [-0.15, -0.1) is 0 Å². The van der Waals surface area contributed by atoms with Gasteiger partial charge in [-0.2, -0.15) is 0 Å². The molecular weight excluding hydrogens is 354 g/mol. The fourth-order valence-electron chi connectivity index (χ4n) is 4.32. The highest BCUT2D eigenvalue weighted by Gasteiger charge is 2.12. The first kappa shape index (κ1) is 16.2. The van der Waals surface area contributed by atoms with Crippen LogP contribution in [-0.2, 0) is 6.61 Å². The number of para-hydroxylation sites is 1. The van der Waals surface area contributed by atoms with Crippen LogP contribution in [0.25, 0.3) is 38.1 Å². The fraction of sp³-hybridized carbons (Fsp3) is 0.0370. The van der Waals surface area contributed by atoms with Crippen molar-refractivity contribution in [2.45, 2.75) is 6.61 Å². The minimum atomic E-state index is 0.575. The number of pyridine rings is 1. The van der Waals surface area contributed by atoms with Crippen molar-refractivity contribution in [1.29, 1.82) is 0 Å². The quantitative estimate of drug-likeness (QED) is 0.305. The van der Waals surface area contributed by atoms with E-state index < -0.39 is 0 Å². The highest BCUT2D eigenvalue weighted by atomic mass is 16.5. The molecule has 138 valence electrons. The van der Waals surface area contributed by atoms with Crippen LogP contribution in [0, 0.1) is 0 Å². The number of benzene rings is 4. The number of hydrogen-bond donors (Lipinski definition) is 0. The molecule has 0 spiro atoms. The molecule has 2 aromatic heterocycles. The summed E-state index contributed by atoms with van der Waals surface area (Å²) in [4.78, 5) is 0. The van der Waals surface area contributed by atoms with Crippen LogP contribution in [0.4, 0.5) is 0 Å². The summed E-state index contributed by atoms with van der Waals surface area (Å²) in [5.74, 6) is 0.894. The molecule has 0 radical (unpaired) electrons. The number of rotatable bonds is 3. The first-order chi connectivity index (χ1) is 14.4. The van der Waals surface area contributed by atoms with Gasteiger partial charge in [-0.05, 0) is 41.3 Å². The van der Waals surface area contributed by atoms with E-state index in [-0.39, 0.29) is 0 Å². The second kappa shape index (κ2) is 6.39. The molecule has 0 saturated heterocycles. The van der Waals surface area contributed by atoms with E-state index in [9.17, 15) is 0 Å². The Balaban J connectivity index is 1.56. The molecule has 0 amide bonds. The first-order valence-corrected chi connectivity index (χ1v) is 9.90. The van der Waals surface area contributed by atoms with Gasteiger partial charge in [0.25, 0.3) is 0 Å². The molecule has 0 atom stereocenters. The number of fused-ring (bicyclic) bond motifs is 8.